The zero-order valence-corrected chi connectivity index (χ0v) is 15.2. The van der Waals surface area contributed by atoms with Gasteiger partial charge in [0.1, 0.15) is 11.5 Å². The van der Waals surface area contributed by atoms with Crippen LogP contribution in [0.5, 0.6) is 23.0 Å². The third kappa shape index (κ3) is 3.14. The minimum Gasteiger partial charge on any atom is -0.454 e. The molecule has 2 aromatic rings. The van der Waals surface area contributed by atoms with E-state index in [4.69, 9.17) is 18.9 Å². The first-order chi connectivity index (χ1) is 12.9. The van der Waals surface area contributed by atoms with E-state index in [-0.39, 0.29) is 30.2 Å². The quantitative estimate of drug-likeness (QED) is 0.466. The predicted octanol–water partition coefficient (Wildman–Crippen LogP) is 3.90. The number of Topliss-reactive ketones (excluding diaryl/α,β-unsaturated/α-hetero) is 1. The molecular weight excluding hydrogens is 348 g/mol. The predicted molar refractivity (Wildman–Crippen MR) is 97.2 cm³/mol. The van der Waals surface area contributed by atoms with Gasteiger partial charge in [0.25, 0.3) is 0 Å². The number of allylic oxidation sites excluding steroid dienone is 1. The fraction of sp³-hybridized carbons (Fsp3) is 0.238. The van der Waals surface area contributed by atoms with Gasteiger partial charge < -0.3 is 18.9 Å². The summed E-state index contributed by atoms with van der Waals surface area (Å²) in [6.07, 6.45) is 1.66. The molecule has 0 atom stereocenters. The second kappa shape index (κ2) is 6.46. The number of esters is 1. The first kappa shape index (κ1) is 17.1. The first-order valence-corrected chi connectivity index (χ1v) is 8.62. The molecule has 0 amide bonds. The van der Waals surface area contributed by atoms with Crippen LogP contribution in [0.15, 0.2) is 36.1 Å². The molecule has 0 saturated heterocycles. The number of ether oxygens (including phenoxy) is 4. The monoisotopic (exact) mass is 366 g/mol. The Kier molecular flexibility index (Phi) is 4.11. The zero-order chi connectivity index (χ0) is 19.1. The number of carbonyl (C=O) groups excluding carboxylic acids is 2. The Hall–Kier alpha value is -3.28. The van der Waals surface area contributed by atoms with Gasteiger partial charge in [-0.2, -0.15) is 0 Å². The van der Waals surface area contributed by atoms with E-state index >= 15 is 0 Å². The van der Waals surface area contributed by atoms with Gasteiger partial charge in [-0.25, -0.2) is 0 Å². The topological polar surface area (TPSA) is 71.1 Å². The van der Waals surface area contributed by atoms with Crippen LogP contribution < -0.4 is 18.9 Å². The summed E-state index contributed by atoms with van der Waals surface area (Å²) in [6, 6.07) is 8.64. The van der Waals surface area contributed by atoms with Crippen LogP contribution in [0.4, 0.5) is 0 Å². The number of ketones is 1. The van der Waals surface area contributed by atoms with Crippen molar-refractivity contribution in [2.75, 3.05) is 6.79 Å². The molecule has 2 aliphatic rings. The van der Waals surface area contributed by atoms with Crippen LogP contribution in [0.2, 0.25) is 0 Å². The van der Waals surface area contributed by atoms with Crippen molar-refractivity contribution in [3.05, 3.63) is 52.8 Å². The Labute approximate surface area is 156 Å². The third-order valence-electron chi connectivity index (χ3n) is 4.33. The van der Waals surface area contributed by atoms with Crippen molar-refractivity contribution in [3.8, 4) is 23.0 Å². The minimum atomic E-state index is -0.338. The highest BCUT2D eigenvalue weighted by Gasteiger charge is 2.30. The van der Waals surface area contributed by atoms with Gasteiger partial charge in [-0.1, -0.05) is 19.9 Å². The minimum absolute atomic E-state index is 0.188. The maximum absolute atomic E-state index is 12.7. The summed E-state index contributed by atoms with van der Waals surface area (Å²) in [4.78, 5) is 24.6. The average molecular weight is 366 g/mol. The van der Waals surface area contributed by atoms with Crippen molar-refractivity contribution in [1.82, 2.24) is 0 Å². The molecule has 0 aromatic heterocycles. The smallest absolute Gasteiger partial charge is 0.313 e. The summed E-state index contributed by atoms with van der Waals surface area (Å²) in [6.45, 7) is 5.49. The van der Waals surface area contributed by atoms with Gasteiger partial charge in [-0.05, 0) is 42.3 Å². The summed E-state index contributed by atoms with van der Waals surface area (Å²) in [7, 11) is 0. The molecule has 0 unspecified atom stereocenters. The Morgan fingerprint density at radius 3 is 2.67 bits per heavy atom. The first-order valence-electron chi connectivity index (χ1n) is 8.62. The average Bonchev–Trinajstić information content (AvgIpc) is 3.19. The van der Waals surface area contributed by atoms with Gasteiger partial charge in [0, 0.05) is 6.07 Å². The van der Waals surface area contributed by atoms with Crippen molar-refractivity contribution in [1.29, 1.82) is 0 Å². The Morgan fingerprint density at radius 1 is 1.11 bits per heavy atom. The molecular formula is C21H18O6. The molecule has 0 spiro atoms. The van der Waals surface area contributed by atoms with Crippen LogP contribution in [0.3, 0.4) is 0 Å². The van der Waals surface area contributed by atoms with Crippen LogP contribution in [0.25, 0.3) is 6.08 Å². The molecule has 2 aliphatic heterocycles. The molecule has 2 heterocycles. The van der Waals surface area contributed by atoms with Crippen LogP contribution in [-0.4, -0.2) is 18.5 Å². The fourth-order valence-corrected chi connectivity index (χ4v) is 2.92. The summed E-state index contributed by atoms with van der Waals surface area (Å²) < 4.78 is 21.7. The van der Waals surface area contributed by atoms with E-state index in [9.17, 15) is 9.59 Å². The van der Waals surface area contributed by atoms with Gasteiger partial charge in [0.15, 0.2) is 17.3 Å². The summed E-state index contributed by atoms with van der Waals surface area (Å²) in [5.41, 5.74) is 1.93. The third-order valence-corrected chi connectivity index (χ3v) is 4.33. The maximum Gasteiger partial charge on any atom is 0.313 e. The molecule has 0 aliphatic carbocycles. The van der Waals surface area contributed by atoms with Crippen LogP contribution in [0.1, 0.15) is 35.3 Å². The molecule has 0 N–H and O–H groups in total. The normalized spacial score (nSPS) is 15.9. The maximum atomic E-state index is 12.7. The number of carbonyl (C=O) groups is 2. The highest BCUT2D eigenvalue weighted by Crippen LogP contribution is 2.38. The molecule has 0 bridgehead atoms. The number of fused-ring (bicyclic) bond motifs is 2. The molecule has 2 aromatic carbocycles. The van der Waals surface area contributed by atoms with Crippen LogP contribution in [0, 0.1) is 12.8 Å². The van der Waals surface area contributed by atoms with E-state index in [2.05, 4.69) is 0 Å². The van der Waals surface area contributed by atoms with Crippen LogP contribution in [-0.2, 0) is 4.79 Å². The lowest BCUT2D eigenvalue weighted by Gasteiger charge is -2.09. The molecule has 0 radical (unpaired) electrons. The number of hydrogen-bond acceptors (Lipinski definition) is 6. The highest BCUT2D eigenvalue weighted by molar-refractivity contribution is 6.15. The second-order valence-corrected chi connectivity index (χ2v) is 6.74. The lowest BCUT2D eigenvalue weighted by atomic mass is 10.0. The zero-order valence-electron chi connectivity index (χ0n) is 15.2. The Bertz CT molecular complexity index is 986. The molecule has 6 nitrogen and oxygen atoms in total. The van der Waals surface area contributed by atoms with Crippen molar-refractivity contribution in [2.45, 2.75) is 20.8 Å². The van der Waals surface area contributed by atoms with E-state index in [0.29, 0.717) is 34.1 Å². The Balaban J connectivity index is 1.63. The SMILES string of the molecule is Cc1cc(OC(=O)C(C)C)cc2c1C(=O)/C(=C/c1ccc3c(c1)OCO3)O2. The standard InChI is InChI=1S/C21H18O6/c1-11(2)21(23)26-14-6-12(3)19-17(9-14)27-18(20(19)22)8-13-4-5-15-16(7-13)25-10-24-15/h4-9,11H,10H2,1-3H3/b18-8-. The highest BCUT2D eigenvalue weighted by atomic mass is 16.7. The second-order valence-electron chi connectivity index (χ2n) is 6.74. The van der Waals surface area contributed by atoms with Crippen molar-refractivity contribution in [2.24, 2.45) is 5.92 Å². The number of benzene rings is 2. The molecule has 0 saturated carbocycles. The van der Waals surface area contributed by atoms with Gasteiger partial charge >= 0.3 is 5.97 Å². The van der Waals surface area contributed by atoms with E-state index in [1.165, 1.54) is 0 Å². The van der Waals surface area contributed by atoms with Crippen LogP contribution >= 0.6 is 0 Å². The van der Waals surface area contributed by atoms with Gasteiger partial charge in [-0.15, -0.1) is 0 Å². The van der Waals surface area contributed by atoms with Crippen molar-refractivity contribution in [3.63, 3.8) is 0 Å². The molecule has 6 heteroatoms. The number of hydrogen-bond donors (Lipinski definition) is 0. The fourth-order valence-electron chi connectivity index (χ4n) is 2.92. The number of aryl methyl sites for hydroxylation is 1. The lowest BCUT2D eigenvalue weighted by Crippen LogP contribution is -2.14. The molecule has 0 fully saturated rings. The van der Waals surface area contributed by atoms with Gasteiger partial charge in [0.2, 0.25) is 12.6 Å². The molecule has 27 heavy (non-hydrogen) atoms. The summed E-state index contributed by atoms with van der Waals surface area (Å²) in [5, 5.41) is 0. The molecule has 4 rings (SSSR count). The largest absolute Gasteiger partial charge is 0.454 e. The lowest BCUT2D eigenvalue weighted by molar-refractivity contribution is -0.137. The molecule has 138 valence electrons. The van der Waals surface area contributed by atoms with E-state index < -0.39 is 0 Å². The van der Waals surface area contributed by atoms with E-state index in [1.807, 2.05) is 6.07 Å². The number of rotatable bonds is 3. The van der Waals surface area contributed by atoms with Crippen molar-refractivity contribution >= 4 is 17.8 Å². The summed E-state index contributed by atoms with van der Waals surface area (Å²) in [5.74, 6) is 1.47. The van der Waals surface area contributed by atoms with E-state index in [0.717, 1.165) is 5.56 Å². The van der Waals surface area contributed by atoms with Gasteiger partial charge in [0.05, 0.1) is 11.5 Å². The Morgan fingerprint density at radius 2 is 1.89 bits per heavy atom. The van der Waals surface area contributed by atoms with E-state index in [1.54, 1.807) is 51.1 Å². The van der Waals surface area contributed by atoms with Crippen molar-refractivity contribution < 1.29 is 28.5 Å². The van der Waals surface area contributed by atoms with Gasteiger partial charge in [-0.3, -0.25) is 9.59 Å². The summed E-state index contributed by atoms with van der Waals surface area (Å²) >= 11 is 0.